The normalized spacial score (nSPS) is 14.1. The minimum Gasteiger partial charge on any atom is -0.462 e. The van der Waals surface area contributed by atoms with Gasteiger partial charge in [-0.15, -0.1) is 5.10 Å². The van der Waals surface area contributed by atoms with Crippen LogP contribution in [0.5, 0.6) is 0 Å². The van der Waals surface area contributed by atoms with E-state index in [1.807, 2.05) is 48.0 Å². The lowest BCUT2D eigenvalue weighted by Gasteiger charge is -2.06. The molecule has 1 aliphatic rings. The molecule has 126 valence electrons. The lowest BCUT2D eigenvalue weighted by molar-refractivity contribution is -0.111. The maximum absolute atomic E-state index is 12.1. The molecular formula is C18H17N5O2. The minimum absolute atomic E-state index is 0.229. The molecule has 0 saturated heterocycles. The number of hydrogen-bond acceptors (Lipinski definition) is 5. The van der Waals surface area contributed by atoms with Crippen LogP contribution in [-0.4, -0.2) is 26.1 Å². The number of tetrazole rings is 1. The molecule has 1 fully saturated rings. The highest BCUT2D eigenvalue weighted by molar-refractivity contribution is 6.02. The monoisotopic (exact) mass is 335 g/mol. The molecule has 2 heterocycles. The largest absolute Gasteiger partial charge is 0.462 e. The van der Waals surface area contributed by atoms with Crippen LogP contribution in [0.1, 0.15) is 30.4 Å². The first-order valence-corrected chi connectivity index (χ1v) is 8.13. The molecule has 0 bridgehead atoms. The van der Waals surface area contributed by atoms with Gasteiger partial charge in [0.15, 0.2) is 5.82 Å². The number of anilines is 1. The van der Waals surface area contributed by atoms with Crippen LogP contribution in [0.4, 0.5) is 5.69 Å². The van der Waals surface area contributed by atoms with Gasteiger partial charge >= 0.3 is 0 Å². The van der Waals surface area contributed by atoms with Gasteiger partial charge in [0.1, 0.15) is 11.5 Å². The van der Waals surface area contributed by atoms with Gasteiger partial charge < -0.3 is 9.73 Å². The molecule has 1 aromatic carbocycles. The zero-order valence-corrected chi connectivity index (χ0v) is 13.7. The Morgan fingerprint density at radius 1 is 1.32 bits per heavy atom. The number of hydrogen-bond donors (Lipinski definition) is 1. The third-order valence-electron chi connectivity index (χ3n) is 3.93. The summed E-state index contributed by atoms with van der Waals surface area (Å²) in [5.74, 6) is 1.94. The second-order valence-electron chi connectivity index (χ2n) is 6.03. The van der Waals surface area contributed by atoms with Crippen molar-refractivity contribution < 1.29 is 9.21 Å². The second-order valence-corrected chi connectivity index (χ2v) is 6.03. The highest BCUT2D eigenvalue weighted by atomic mass is 16.3. The summed E-state index contributed by atoms with van der Waals surface area (Å²) in [5.41, 5.74) is 1.56. The van der Waals surface area contributed by atoms with E-state index >= 15 is 0 Å². The molecule has 4 rings (SSSR count). The van der Waals surface area contributed by atoms with E-state index < -0.39 is 0 Å². The van der Waals surface area contributed by atoms with Gasteiger partial charge in [0.25, 0.3) is 0 Å². The number of rotatable bonds is 5. The Hall–Kier alpha value is -3.22. The van der Waals surface area contributed by atoms with Gasteiger partial charge in [-0.2, -0.15) is 0 Å². The van der Waals surface area contributed by atoms with Gasteiger partial charge in [-0.1, -0.05) is 12.1 Å². The zero-order valence-electron chi connectivity index (χ0n) is 13.7. The van der Waals surface area contributed by atoms with E-state index in [0.717, 1.165) is 30.0 Å². The Bertz CT molecular complexity index is 936. The lowest BCUT2D eigenvalue weighted by Crippen LogP contribution is -2.08. The molecule has 1 aliphatic carbocycles. The van der Waals surface area contributed by atoms with Crippen LogP contribution in [0.3, 0.4) is 0 Å². The number of furan rings is 1. The number of benzene rings is 1. The molecule has 7 heteroatoms. The van der Waals surface area contributed by atoms with Gasteiger partial charge in [-0.3, -0.25) is 4.79 Å². The van der Waals surface area contributed by atoms with Crippen LogP contribution in [0.2, 0.25) is 0 Å². The summed E-state index contributed by atoms with van der Waals surface area (Å²) in [5, 5.41) is 14.8. The standard InChI is InChI=1S/C18H17N5O2/c1-12-5-8-16(25-12)9-10-17(24)19-14-4-2-3-13(11-14)18-20-21-22-23(18)15-6-7-15/h2-5,8-11,15H,6-7H2,1H3,(H,19,24). The lowest BCUT2D eigenvalue weighted by atomic mass is 10.2. The van der Waals surface area contributed by atoms with Crippen molar-refractivity contribution in [1.82, 2.24) is 20.2 Å². The highest BCUT2D eigenvalue weighted by Gasteiger charge is 2.28. The molecule has 0 unspecified atom stereocenters. The van der Waals surface area contributed by atoms with E-state index in [1.165, 1.54) is 6.08 Å². The summed E-state index contributed by atoms with van der Waals surface area (Å²) in [6.45, 7) is 1.86. The average Bonchev–Trinajstić information content (AvgIpc) is 3.17. The molecule has 2 aromatic heterocycles. The van der Waals surface area contributed by atoms with Crippen molar-refractivity contribution in [2.75, 3.05) is 5.32 Å². The van der Waals surface area contributed by atoms with Crippen LogP contribution in [0, 0.1) is 6.92 Å². The number of nitrogens with one attached hydrogen (secondary N) is 1. The maximum Gasteiger partial charge on any atom is 0.248 e. The topological polar surface area (TPSA) is 85.8 Å². The SMILES string of the molecule is Cc1ccc(C=CC(=O)Nc2cccc(-c3nnnn3C3CC3)c2)o1. The first kappa shape index (κ1) is 15.3. The average molecular weight is 335 g/mol. The van der Waals surface area contributed by atoms with Crippen LogP contribution >= 0.6 is 0 Å². The summed E-state index contributed by atoms with van der Waals surface area (Å²) >= 11 is 0. The van der Waals surface area contributed by atoms with E-state index in [9.17, 15) is 4.79 Å². The number of aryl methyl sites for hydroxylation is 1. The summed E-state index contributed by atoms with van der Waals surface area (Å²) in [7, 11) is 0. The third kappa shape index (κ3) is 3.50. The third-order valence-corrected chi connectivity index (χ3v) is 3.93. The molecular weight excluding hydrogens is 318 g/mol. The van der Waals surface area contributed by atoms with Gasteiger partial charge in [0.05, 0.1) is 6.04 Å². The quantitative estimate of drug-likeness (QED) is 0.724. The van der Waals surface area contributed by atoms with E-state index in [4.69, 9.17) is 4.42 Å². The van der Waals surface area contributed by atoms with Gasteiger partial charge in [0, 0.05) is 17.3 Å². The highest BCUT2D eigenvalue weighted by Crippen LogP contribution is 2.36. The molecule has 3 aromatic rings. The fourth-order valence-corrected chi connectivity index (χ4v) is 2.57. The molecule has 1 saturated carbocycles. The molecule has 1 amide bonds. The van der Waals surface area contributed by atoms with E-state index in [-0.39, 0.29) is 5.91 Å². The molecule has 25 heavy (non-hydrogen) atoms. The predicted molar refractivity (Wildman–Crippen MR) is 92.6 cm³/mol. The van der Waals surface area contributed by atoms with Gasteiger partial charge in [-0.25, -0.2) is 4.68 Å². The van der Waals surface area contributed by atoms with E-state index in [1.54, 1.807) is 6.08 Å². The maximum atomic E-state index is 12.1. The van der Waals surface area contributed by atoms with Crippen molar-refractivity contribution in [3.63, 3.8) is 0 Å². The van der Waals surface area contributed by atoms with Crippen LogP contribution in [0.25, 0.3) is 17.5 Å². The number of nitrogens with zero attached hydrogens (tertiary/aromatic N) is 4. The molecule has 1 N–H and O–H groups in total. The van der Waals surface area contributed by atoms with Crippen molar-refractivity contribution in [3.05, 3.63) is 54.0 Å². The van der Waals surface area contributed by atoms with Crippen molar-refractivity contribution in [2.45, 2.75) is 25.8 Å². The number of carbonyl (C=O) groups is 1. The van der Waals surface area contributed by atoms with E-state index in [0.29, 0.717) is 17.5 Å². The predicted octanol–water partition coefficient (Wildman–Crippen LogP) is 3.23. The number of amides is 1. The van der Waals surface area contributed by atoms with Crippen LogP contribution in [0.15, 0.2) is 46.9 Å². The molecule has 0 aliphatic heterocycles. The summed E-state index contributed by atoms with van der Waals surface area (Å²) < 4.78 is 7.25. The molecule has 0 radical (unpaired) electrons. The fourth-order valence-electron chi connectivity index (χ4n) is 2.57. The number of aromatic nitrogens is 4. The Morgan fingerprint density at radius 3 is 2.96 bits per heavy atom. The minimum atomic E-state index is -0.229. The van der Waals surface area contributed by atoms with Crippen molar-refractivity contribution >= 4 is 17.7 Å². The first-order valence-electron chi connectivity index (χ1n) is 8.13. The molecule has 7 nitrogen and oxygen atoms in total. The summed E-state index contributed by atoms with van der Waals surface area (Å²) in [4.78, 5) is 12.1. The Balaban J connectivity index is 1.48. The second kappa shape index (κ2) is 6.35. The van der Waals surface area contributed by atoms with Crippen LogP contribution in [-0.2, 0) is 4.79 Å². The summed E-state index contributed by atoms with van der Waals surface area (Å²) in [6.07, 6.45) is 5.29. The van der Waals surface area contributed by atoms with Crippen molar-refractivity contribution in [3.8, 4) is 11.4 Å². The van der Waals surface area contributed by atoms with Crippen molar-refractivity contribution in [1.29, 1.82) is 0 Å². The van der Waals surface area contributed by atoms with Crippen LogP contribution < -0.4 is 5.32 Å². The van der Waals surface area contributed by atoms with Crippen molar-refractivity contribution in [2.24, 2.45) is 0 Å². The van der Waals surface area contributed by atoms with E-state index in [2.05, 4.69) is 20.8 Å². The first-order chi connectivity index (χ1) is 12.2. The van der Waals surface area contributed by atoms with Gasteiger partial charge in [0.2, 0.25) is 5.91 Å². The van der Waals surface area contributed by atoms with Gasteiger partial charge in [-0.05, 0) is 60.5 Å². The number of carbonyl (C=O) groups excluding carboxylic acids is 1. The Morgan fingerprint density at radius 2 is 2.20 bits per heavy atom. The smallest absolute Gasteiger partial charge is 0.248 e. The fraction of sp³-hybridized carbons (Fsp3) is 0.222. The summed E-state index contributed by atoms with van der Waals surface area (Å²) in [6, 6.07) is 11.6. The molecule has 0 spiro atoms. The molecule has 0 atom stereocenters. The Labute approximate surface area is 144 Å². The zero-order chi connectivity index (χ0) is 17.2. The Kier molecular flexibility index (Phi) is 3.89.